The topological polar surface area (TPSA) is 76.0 Å². The molecule has 0 aromatic heterocycles. The molecule has 0 aliphatic carbocycles. The molecular formula is C45H84O5. The van der Waals surface area contributed by atoms with E-state index >= 15 is 0 Å². The van der Waals surface area contributed by atoms with Gasteiger partial charge in [-0.1, -0.05) is 63.6 Å². The van der Waals surface area contributed by atoms with Crippen LogP contribution in [0.15, 0.2) is 195 Å². The first kappa shape index (κ1) is 90.7. The summed E-state index contributed by atoms with van der Waals surface area (Å²) in [6, 6.07) is 7.72. The van der Waals surface area contributed by atoms with Gasteiger partial charge in [-0.3, -0.25) is 9.78 Å². The van der Waals surface area contributed by atoms with Gasteiger partial charge in [0.15, 0.2) is 5.75 Å². The Balaban J connectivity index is -0.0000000301. The molecule has 0 atom stereocenters. The number of aliphatic hydroxyl groups excluding tert-OH is 2. The van der Waals surface area contributed by atoms with E-state index in [0.29, 0.717) is 5.75 Å². The Morgan fingerprint density at radius 1 is 0.500 bits per heavy atom. The van der Waals surface area contributed by atoms with Gasteiger partial charge < -0.3 is 10.2 Å². The zero-order valence-corrected chi connectivity index (χ0v) is 33.4. The Labute approximate surface area is 315 Å². The first-order chi connectivity index (χ1) is 24.7. The molecule has 0 heterocycles. The minimum Gasteiger partial charge on any atom is -0.394 e. The molecule has 294 valence electrons. The van der Waals surface area contributed by atoms with Crippen molar-refractivity contribution in [3.63, 3.8) is 0 Å². The molecule has 0 aliphatic rings. The third-order valence-corrected chi connectivity index (χ3v) is 3.37. The maximum absolute atomic E-state index is 10.8. The highest BCUT2D eigenvalue weighted by Gasteiger charge is 2.05. The summed E-state index contributed by atoms with van der Waals surface area (Å²) < 4.78 is 0. The molecule has 0 saturated heterocycles. The van der Waals surface area contributed by atoms with Crippen molar-refractivity contribution < 1.29 is 24.8 Å². The second-order valence-electron chi connectivity index (χ2n) is 5.58. The molecule has 0 aliphatic heterocycles. The van der Waals surface area contributed by atoms with Crippen molar-refractivity contribution in [2.75, 3.05) is 13.2 Å². The molecule has 5 heteroatoms. The Morgan fingerprint density at radius 3 is 1.06 bits per heavy atom. The lowest BCUT2D eigenvalue weighted by Gasteiger charge is -2.08. The summed E-state index contributed by atoms with van der Waals surface area (Å²) in [6.45, 7) is 81.3. The molecule has 0 amide bonds. The molecule has 5 nitrogen and oxygen atoms in total. The van der Waals surface area contributed by atoms with Gasteiger partial charge in [0.1, 0.15) is 0 Å². The van der Waals surface area contributed by atoms with Crippen LogP contribution < -0.4 is 4.89 Å². The van der Waals surface area contributed by atoms with Gasteiger partial charge >= 0.3 is 5.97 Å². The van der Waals surface area contributed by atoms with Crippen molar-refractivity contribution in [2.45, 2.75) is 65.2 Å². The fourth-order valence-electron chi connectivity index (χ4n) is 2.17. The van der Waals surface area contributed by atoms with Gasteiger partial charge in [-0.25, -0.2) is 4.79 Å². The van der Waals surface area contributed by atoms with Gasteiger partial charge in [0.25, 0.3) is 0 Å². The Morgan fingerprint density at radius 2 is 0.780 bits per heavy atom. The Kier molecular flexibility index (Phi) is 368. The maximum Gasteiger partial charge on any atom is 0.352 e. The van der Waals surface area contributed by atoms with Crippen LogP contribution in [0.5, 0.6) is 5.75 Å². The van der Waals surface area contributed by atoms with E-state index in [-0.39, 0.29) is 13.2 Å². The number of carbonyl (C=O) groups is 1. The van der Waals surface area contributed by atoms with Crippen LogP contribution in [0.25, 0.3) is 0 Å². The second-order valence-corrected chi connectivity index (χ2v) is 5.58. The molecule has 1 rings (SSSR count). The van der Waals surface area contributed by atoms with Crippen LogP contribution in [0, 0.1) is 0 Å². The molecule has 0 spiro atoms. The minimum absolute atomic E-state index is 0.125. The standard InChI is InChI=1S/C17H26O3.C2H6O2.13C2H4/c1-3-4-5-6-7-8-9-12-16-13-10-11-14-17(16)20-19-15(2)18;3-1-2-4;13*1-2/h10-11,13-14H,3-9,12H2,1-2H3;3-4H,1-2H2;13*1-2H2. The number of carbonyl (C=O) groups excluding carboxylic acids is 1. The van der Waals surface area contributed by atoms with E-state index in [0.717, 1.165) is 18.4 Å². The minimum atomic E-state index is -0.435. The lowest BCUT2D eigenvalue weighted by Crippen LogP contribution is -2.04. The zero-order chi connectivity index (χ0) is 44.0. The van der Waals surface area contributed by atoms with E-state index in [1.54, 1.807) is 0 Å². The van der Waals surface area contributed by atoms with Crippen LogP contribution in [0.1, 0.15) is 64.4 Å². The number of unbranched alkanes of at least 4 members (excludes halogenated alkanes) is 6. The average Bonchev–Trinajstić information content (AvgIpc) is 3.26. The normalized spacial score (nSPS) is 5.76. The predicted molar refractivity (Wildman–Crippen MR) is 241 cm³/mol. The predicted octanol–water partition coefficient (Wildman–Crippen LogP) is 14.2. The molecule has 0 fully saturated rings. The number of hydrogen-bond donors (Lipinski definition) is 2. The van der Waals surface area contributed by atoms with Crippen molar-refractivity contribution in [3.8, 4) is 5.75 Å². The van der Waals surface area contributed by atoms with Crippen LogP contribution in [-0.4, -0.2) is 29.4 Å². The molecule has 0 bridgehead atoms. The van der Waals surface area contributed by atoms with E-state index < -0.39 is 5.97 Å². The van der Waals surface area contributed by atoms with Gasteiger partial charge in [0, 0.05) is 6.92 Å². The van der Waals surface area contributed by atoms with E-state index in [4.69, 9.17) is 15.1 Å². The summed E-state index contributed by atoms with van der Waals surface area (Å²) in [5.41, 5.74) is 1.10. The number of rotatable bonds is 11. The highest BCUT2D eigenvalue weighted by molar-refractivity contribution is 5.65. The molecule has 0 unspecified atom stereocenters. The van der Waals surface area contributed by atoms with E-state index in [2.05, 4.69) is 183 Å². The number of para-hydroxylation sites is 1. The molecule has 50 heavy (non-hydrogen) atoms. The van der Waals surface area contributed by atoms with Crippen LogP contribution in [0.2, 0.25) is 0 Å². The average molecular weight is 705 g/mol. The quantitative estimate of drug-likeness (QED) is 0.104. The van der Waals surface area contributed by atoms with E-state index in [9.17, 15) is 4.79 Å². The Bertz CT molecular complexity index is 557. The Hall–Kier alpha value is -4.97. The lowest BCUT2D eigenvalue weighted by molar-refractivity contribution is -0.211. The third-order valence-electron chi connectivity index (χ3n) is 3.37. The smallest absolute Gasteiger partial charge is 0.352 e. The van der Waals surface area contributed by atoms with Crippen LogP contribution in [-0.2, 0) is 16.1 Å². The first-order valence-corrected chi connectivity index (χ1v) is 15.3. The summed E-state index contributed by atoms with van der Waals surface area (Å²) in [5, 5.41) is 15.2. The maximum atomic E-state index is 10.8. The molecule has 0 saturated carbocycles. The number of benzene rings is 1. The lowest BCUT2D eigenvalue weighted by atomic mass is 10.0. The number of hydrogen-bond acceptors (Lipinski definition) is 5. The van der Waals surface area contributed by atoms with E-state index in [1.807, 2.05) is 24.3 Å². The van der Waals surface area contributed by atoms with Crippen molar-refractivity contribution in [1.82, 2.24) is 0 Å². The molecule has 2 N–H and O–H groups in total. The van der Waals surface area contributed by atoms with Crippen molar-refractivity contribution >= 4 is 5.97 Å². The van der Waals surface area contributed by atoms with Gasteiger partial charge in [-0.05, 0) is 24.5 Å². The molecule has 0 radical (unpaired) electrons. The van der Waals surface area contributed by atoms with E-state index in [1.165, 1.54) is 45.4 Å². The van der Waals surface area contributed by atoms with Crippen LogP contribution in [0.4, 0.5) is 0 Å². The molecule has 1 aromatic rings. The highest BCUT2D eigenvalue weighted by Crippen LogP contribution is 2.21. The molecule has 1 aromatic carbocycles. The summed E-state index contributed by atoms with van der Waals surface area (Å²) in [6.07, 6.45) is 9.97. The monoisotopic (exact) mass is 705 g/mol. The highest BCUT2D eigenvalue weighted by atomic mass is 17.2. The molecular weight excluding hydrogens is 620 g/mol. The van der Waals surface area contributed by atoms with Gasteiger partial charge in [-0.15, -0.1) is 171 Å². The summed E-state index contributed by atoms with van der Waals surface area (Å²) >= 11 is 0. The van der Waals surface area contributed by atoms with Gasteiger partial charge in [0.05, 0.1) is 13.2 Å². The summed E-state index contributed by atoms with van der Waals surface area (Å²) in [5.74, 6) is 0.212. The van der Waals surface area contributed by atoms with Crippen molar-refractivity contribution in [2.24, 2.45) is 0 Å². The zero-order valence-electron chi connectivity index (χ0n) is 33.4. The van der Waals surface area contributed by atoms with Gasteiger partial charge in [-0.2, -0.15) is 0 Å². The van der Waals surface area contributed by atoms with Crippen LogP contribution >= 0.6 is 0 Å². The summed E-state index contributed by atoms with van der Waals surface area (Å²) in [7, 11) is 0. The first-order valence-electron chi connectivity index (χ1n) is 15.3. The van der Waals surface area contributed by atoms with Gasteiger partial charge in [0.2, 0.25) is 0 Å². The third kappa shape index (κ3) is 172. The van der Waals surface area contributed by atoms with Crippen molar-refractivity contribution in [3.05, 3.63) is 201 Å². The number of aryl methyl sites for hydroxylation is 1. The SMILES string of the molecule is C=C.C=C.C=C.C=C.C=C.C=C.C=C.C=C.C=C.C=C.C=C.C=C.C=C.CCCCCCCCCc1ccccc1OOC(C)=O.OCCO. The fraction of sp³-hybridized carbons (Fsp3) is 0.267. The second kappa shape index (κ2) is 203. The summed E-state index contributed by atoms with van der Waals surface area (Å²) in [4.78, 5) is 20.4. The fourth-order valence-corrected chi connectivity index (χ4v) is 2.17. The van der Waals surface area contributed by atoms with Crippen molar-refractivity contribution in [1.29, 1.82) is 0 Å². The largest absolute Gasteiger partial charge is 0.394 e. The van der Waals surface area contributed by atoms with Crippen LogP contribution in [0.3, 0.4) is 0 Å². The number of aliphatic hydroxyl groups is 2.